The molecule has 7 heteroatoms. The van der Waals surface area contributed by atoms with E-state index in [0.29, 0.717) is 22.6 Å². The van der Waals surface area contributed by atoms with Crippen LogP contribution in [0.1, 0.15) is 30.4 Å². The Hall–Kier alpha value is -2.93. The number of rotatable bonds is 6. The molecule has 0 bridgehead atoms. The second-order valence-electron chi connectivity index (χ2n) is 7.89. The number of hydrogen-bond acceptors (Lipinski definition) is 5. The minimum Gasteiger partial charge on any atom is -0.493 e. The number of ether oxygens (including phenoxy) is 4. The van der Waals surface area contributed by atoms with Gasteiger partial charge in [0.2, 0.25) is 6.79 Å². The molecule has 0 atom stereocenters. The Labute approximate surface area is 194 Å². The Morgan fingerprint density at radius 1 is 1.00 bits per heavy atom. The summed E-state index contributed by atoms with van der Waals surface area (Å²) in [6.07, 6.45) is 5.39. The third-order valence-electron chi connectivity index (χ3n) is 6.16. The fourth-order valence-electron chi connectivity index (χ4n) is 4.62. The molecule has 2 heterocycles. The Morgan fingerprint density at radius 2 is 1.66 bits per heavy atom. The second-order valence-corrected chi connectivity index (χ2v) is 8.69. The molecule has 0 fully saturated rings. The first-order chi connectivity index (χ1) is 15.6. The van der Waals surface area contributed by atoms with Gasteiger partial charge in [-0.15, -0.1) is 0 Å². The molecule has 166 valence electrons. The van der Waals surface area contributed by atoms with Crippen molar-refractivity contribution < 1.29 is 18.9 Å². The van der Waals surface area contributed by atoms with E-state index in [9.17, 15) is 4.79 Å². The van der Waals surface area contributed by atoms with Gasteiger partial charge in [-0.3, -0.25) is 4.79 Å². The third-order valence-corrected chi connectivity index (χ3v) is 6.72. The molecule has 1 aliphatic heterocycles. The van der Waals surface area contributed by atoms with Crippen LogP contribution < -0.4 is 24.5 Å². The summed E-state index contributed by atoms with van der Waals surface area (Å²) in [6.45, 7) is 0.211. The Bertz CT molecular complexity index is 1320. The highest BCUT2D eigenvalue weighted by Gasteiger charge is 2.32. The predicted octanol–water partition coefficient (Wildman–Crippen LogP) is 5.26. The fraction of sp³-hybridized carbons (Fsp3) is 0.320. The molecule has 2 aliphatic rings. The van der Waals surface area contributed by atoms with Gasteiger partial charge in [-0.2, -0.15) is 0 Å². The minimum atomic E-state index is -0.0798. The number of allylic oxidation sites excluding steroid dienone is 1. The average molecular weight is 498 g/mol. The fourth-order valence-corrected chi connectivity index (χ4v) is 5.02. The van der Waals surface area contributed by atoms with E-state index in [4.69, 9.17) is 18.9 Å². The second kappa shape index (κ2) is 8.20. The van der Waals surface area contributed by atoms with Crippen LogP contribution in [0.25, 0.3) is 27.6 Å². The van der Waals surface area contributed by atoms with E-state index in [1.807, 2.05) is 25.2 Å². The zero-order chi connectivity index (χ0) is 22.4. The SMILES string of the molecule is COc1cc2c3c(n(C)c(=O)c2cc1OC)-c1cc2c(cc1/C3=C\CCCCBr)OCO2. The van der Waals surface area contributed by atoms with Crippen LogP contribution in [0.2, 0.25) is 0 Å². The quantitative estimate of drug-likeness (QED) is 0.268. The molecule has 0 spiro atoms. The maximum absolute atomic E-state index is 13.4. The lowest BCUT2D eigenvalue weighted by atomic mass is 9.97. The van der Waals surface area contributed by atoms with E-state index in [0.717, 1.165) is 63.7 Å². The molecule has 3 aromatic rings. The summed E-state index contributed by atoms with van der Waals surface area (Å²) in [6, 6.07) is 7.70. The van der Waals surface area contributed by atoms with Crippen molar-refractivity contribution in [3.05, 3.63) is 51.8 Å². The predicted molar refractivity (Wildman–Crippen MR) is 129 cm³/mol. The first-order valence-corrected chi connectivity index (χ1v) is 11.7. The summed E-state index contributed by atoms with van der Waals surface area (Å²) in [5.74, 6) is 2.57. The van der Waals surface area contributed by atoms with Gasteiger partial charge in [-0.1, -0.05) is 22.0 Å². The van der Waals surface area contributed by atoms with Gasteiger partial charge in [0.1, 0.15) is 0 Å². The summed E-state index contributed by atoms with van der Waals surface area (Å²) < 4.78 is 24.1. The standard InChI is InChI=1S/C25H24BrNO5/c1-27-24-17-11-22-21(31-13-32-22)9-15(17)14(7-5-4-6-8-26)23(24)16-10-19(29-2)20(30-3)12-18(16)25(27)28/h7,9-12H,4-6,8,13H2,1-3H3/b14-7+. The van der Waals surface area contributed by atoms with Crippen molar-refractivity contribution in [2.75, 3.05) is 26.3 Å². The van der Waals surface area contributed by atoms with Gasteiger partial charge in [0.05, 0.1) is 25.3 Å². The third kappa shape index (κ3) is 3.10. The number of hydrogen-bond donors (Lipinski definition) is 0. The number of aromatic nitrogens is 1. The molecule has 0 unspecified atom stereocenters. The van der Waals surface area contributed by atoms with E-state index in [1.54, 1.807) is 24.9 Å². The molecule has 6 nitrogen and oxygen atoms in total. The first kappa shape index (κ1) is 20.9. The van der Waals surface area contributed by atoms with Gasteiger partial charge in [0.15, 0.2) is 23.0 Å². The number of alkyl halides is 1. The molecular weight excluding hydrogens is 474 g/mol. The summed E-state index contributed by atoms with van der Waals surface area (Å²) in [7, 11) is 5.00. The van der Waals surface area contributed by atoms with Crippen molar-refractivity contribution in [3.8, 4) is 34.3 Å². The smallest absolute Gasteiger partial charge is 0.258 e. The average Bonchev–Trinajstić information content (AvgIpc) is 3.39. The van der Waals surface area contributed by atoms with Crippen molar-refractivity contribution in [2.24, 2.45) is 7.05 Å². The van der Waals surface area contributed by atoms with Gasteiger partial charge < -0.3 is 23.5 Å². The van der Waals surface area contributed by atoms with Crippen LogP contribution in [-0.2, 0) is 7.05 Å². The Morgan fingerprint density at radius 3 is 2.31 bits per heavy atom. The maximum atomic E-state index is 13.4. The minimum absolute atomic E-state index is 0.0798. The Kier molecular flexibility index (Phi) is 5.37. The van der Waals surface area contributed by atoms with Gasteiger partial charge in [0.25, 0.3) is 5.56 Å². The van der Waals surface area contributed by atoms with Crippen LogP contribution in [0.15, 0.2) is 35.1 Å². The molecule has 0 N–H and O–H groups in total. The molecule has 1 aliphatic carbocycles. The number of fused-ring (bicyclic) bond motifs is 6. The molecule has 1 aromatic heterocycles. The number of pyridine rings is 1. The molecular formula is C25H24BrNO5. The van der Waals surface area contributed by atoms with Gasteiger partial charge in [-0.25, -0.2) is 0 Å². The van der Waals surface area contributed by atoms with Gasteiger partial charge in [0, 0.05) is 28.9 Å². The highest BCUT2D eigenvalue weighted by Crippen LogP contribution is 2.51. The van der Waals surface area contributed by atoms with Crippen LogP contribution in [-0.4, -0.2) is 30.9 Å². The van der Waals surface area contributed by atoms with Crippen LogP contribution in [0.5, 0.6) is 23.0 Å². The van der Waals surface area contributed by atoms with Crippen molar-refractivity contribution in [1.29, 1.82) is 0 Å². The lowest BCUT2D eigenvalue weighted by Gasteiger charge is -2.15. The molecule has 2 aromatic carbocycles. The highest BCUT2D eigenvalue weighted by atomic mass is 79.9. The van der Waals surface area contributed by atoms with Crippen LogP contribution in [0.4, 0.5) is 0 Å². The van der Waals surface area contributed by atoms with Crippen molar-refractivity contribution in [2.45, 2.75) is 19.3 Å². The lowest BCUT2D eigenvalue weighted by molar-refractivity contribution is 0.174. The molecule has 0 saturated carbocycles. The first-order valence-electron chi connectivity index (χ1n) is 10.6. The number of benzene rings is 2. The normalized spacial score (nSPS) is 14.7. The molecule has 5 rings (SSSR count). The zero-order valence-corrected chi connectivity index (χ0v) is 19.9. The molecule has 32 heavy (non-hydrogen) atoms. The summed E-state index contributed by atoms with van der Waals surface area (Å²) in [5, 5.41) is 2.44. The highest BCUT2D eigenvalue weighted by molar-refractivity contribution is 9.09. The zero-order valence-electron chi connectivity index (χ0n) is 18.3. The number of halogens is 1. The number of nitrogens with zero attached hydrogens (tertiary/aromatic N) is 1. The van der Waals surface area contributed by atoms with Crippen LogP contribution in [0, 0.1) is 0 Å². The van der Waals surface area contributed by atoms with Crippen LogP contribution in [0.3, 0.4) is 0 Å². The number of unbranched alkanes of at least 4 members (excludes halogenated alkanes) is 2. The van der Waals surface area contributed by atoms with E-state index in [-0.39, 0.29) is 12.4 Å². The van der Waals surface area contributed by atoms with E-state index in [1.165, 1.54) is 0 Å². The van der Waals surface area contributed by atoms with Gasteiger partial charge in [-0.05, 0) is 54.7 Å². The van der Waals surface area contributed by atoms with E-state index < -0.39 is 0 Å². The van der Waals surface area contributed by atoms with E-state index in [2.05, 4.69) is 22.0 Å². The summed E-state index contributed by atoms with van der Waals surface area (Å²) in [4.78, 5) is 13.4. The largest absolute Gasteiger partial charge is 0.493 e. The molecule has 0 amide bonds. The summed E-state index contributed by atoms with van der Waals surface area (Å²) >= 11 is 3.51. The van der Waals surface area contributed by atoms with Crippen LogP contribution >= 0.6 is 15.9 Å². The van der Waals surface area contributed by atoms with Crippen molar-refractivity contribution in [3.63, 3.8) is 0 Å². The number of methoxy groups -OCH3 is 2. The molecule has 0 radical (unpaired) electrons. The Balaban J connectivity index is 1.84. The monoisotopic (exact) mass is 497 g/mol. The van der Waals surface area contributed by atoms with Crippen molar-refractivity contribution in [1.82, 2.24) is 4.57 Å². The maximum Gasteiger partial charge on any atom is 0.258 e. The lowest BCUT2D eigenvalue weighted by Crippen LogP contribution is -2.19. The van der Waals surface area contributed by atoms with Crippen molar-refractivity contribution >= 4 is 32.3 Å². The summed E-state index contributed by atoms with van der Waals surface area (Å²) in [5.41, 5.74) is 4.97. The van der Waals surface area contributed by atoms with E-state index >= 15 is 0 Å². The topological polar surface area (TPSA) is 58.9 Å². The molecule has 0 saturated heterocycles. The van der Waals surface area contributed by atoms with Gasteiger partial charge >= 0.3 is 0 Å².